The summed E-state index contributed by atoms with van der Waals surface area (Å²) >= 11 is 4.65. The average molecular weight is 334 g/mol. The number of aliphatic imine (C=N–C) groups is 1. The molecule has 1 unspecified atom stereocenters. The highest BCUT2D eigenvalue weighted by Crippen LogP contribution is 2.20. The van der Waals surface area contributed by atoms with E-state index in [1.807, 2.05) is 12.1 Å². The Morgan fingerprint density at radius 3 is 2.22 bits per heavy atom. The molecule has 0 aliphatic carbocycles. The molecule has 0 aromatic heterocycles. The van der Waals surface area contributed by atoms with E-state index in [1.165, 1.54) is 12.0 Å². The Bertz CT molecular complexity index is 470. The second-order valence-electron chi connectivity index (χ2n) is 5.69. The molecule has 6 heteroatoms. The van der Waals surface area contributed by atoms with Gasteiger partial charge in [0, 0.05) is 32.2 Å². The number of thiocarbonyl (C=S) groups is 1. The van der Waals surface area contributed by atoms with E-state index >= 15 is 0 Å². The van der Waals surface area contributed by atoms with Crippen LogP contribution in [0.5, 0.6) is 0 Å². The smallest absolute Gasteiger partial charge is 0.0739 e. The highest BCUT2D eigenvalue weighted by Gasteiger charge is 2.10. The van der Waals surface area contributed by atoms with E-state index in [-0.39, 0.29) is 0 Å². The van der Waals surface area contributed by atoms with Gasteiger partial charge in [0.2, 0.25) is 0 Å². The maximum absolute atomic E-state index is 4.65. The van der Waals surface area contributed by atoms with Gasteiger partial charge >= 0.3 is 0 Å². The van der Waals surface area contributed by atoms with Gasteiger partial charge in [0.25, 0.3) is 0 Å². The Kier molecular flexibility index (Phi) is 9.03. The second-order valence-corrected chi connectivity index (χ2v) is 5.88. The Morgan fingerprint density at radius 1 is 0.870 bits per heavy atom. The summed E-state index contributed by atoms with van der Waals surface area (Å²) < 4.78 is 0. The first kappa shape index (κ1) is 18.2. The Balaban J connectivity index is 1.92. The molecule has 23 heavy (non-hydrogen) atoms. The number of isothiocyanates is 1. The van der Waals surface area contributed by atoms with Crippen molar-refractivity contribution in [3.8, 4) is 0 Å². The molecule has 1 saturated heterocycles. The molecule has 126 valence electrons. The van der Waals surface area contributed by atoms with E-state index in [1.54, 1.807) is 0 Å². The number of nitrogens with zero attached hydrogens (tertiary/aromatic N) is 1. The number of rotatable bonds is 2. The summed E-state index contributed by atoms with van der Waals surface area (Å²) in [5, 5.41) is 16.5. The zero-order valence-electron chi connectivity index (χ0n) is 13.6. The summed E-state index contributed by atoms with van der Waals surface area (Å²) in [5.74, 6) is 0. The van der Waals surface area contributed by atoms with Crippen LogP contribution in [0, 0.1) is 0 Å². The summed E-state index contributed by atoms with van der Waals surface area (Å²) in [7, 11) is 0. The fourth-order valence-electron chi connectivity index (χ4n) is 2.69. The molecule has 1 heterocycles. The monoisotopic (exact) mass is 333 g/mol. The SMILES string of the molecule is S=C=Nc1ccc(C2CCNCCNCCCNCCN2)cc1. The van der Waals surface area contributed by atoms with E-state index in [2.05, 4.69) is 55.8 Å². The van der Waals surface area contributed by atoms with Crippen LogP contribution in [0.1, 0.15) is 24.4 Å². The molecule has 1 atom stereocenters. The number of benzene rings is 1. The highest BCUT2D eigenvalue weighted by atomic mass is 32.1. The lowest BCUT2D eigenvalue weighted by atomic mass is 10.0. The van der Waals surface area contributed by atoms with Gasteiger partial charge in [0.15, 0.2) is 0 Å². The van der Waals surface area contributed by atoms with Crippen LogP contribution in [0.25, 0.3) is 0 Å². The Hall–Kier alpha value is -1.14. The number of hydrogen-bond acceptors (Lipinski definition) is 6. The van der Waals surface area contributed by atoms with Crippen molar-refractivity contribution in [2.75, 3.05) is 45.8 Å². The van der Waals surface area contributed by atoms with Crippen molar-refractivity contribution < 1.29 is 0 Å². The molecule has 4 N–H and O–H groups in total. The molecule has 1 fully saturated rings. The predicted octanol–water partition coefficient (Wildman–Crippen LogP) is 1.61. The Morgan fingerprint density at radius 2 is 1.52 bits per heavy atom. The zero-order valence-corrected chi connectivity index (χ0v) is 14.4. The normalized spacial score (nSPS) is 21.8. The van der Waals surface area contributed by atoms with E-state index in [0.717, 1.165) is 57.9 Å². The van der Waals surface area contributed by atoms with E-state index in [9.17, 15) is 0 Å². The summed E-state index contributed by atoms with van der Waals surface area (Å²) in [6.45, 7) is 7.17. The van der Waals surface area contributed by atoms with Crippen LogP contribution in [-0.2, 0) is 0 Å². The van der Waals surface area contributed by atoms with Gasteiger partial charge in [-0.15, -0.1) is 0 Å². The van der Waals surface area contributed by atoms with Crippen LogP contribution in [0.2, 0.25) is 0 Å². The van der Waals surface area contributed by atoms with Crippen molar-refractivity contribution in [2.24, 2.45) is 4.99 Å². The van der Waals surface area contributed by atoms with Crippen LogP contribution < -0.4 is 21.3 Å². The van der Waals surface area contributed by atoms with Gasteiger partial charge in [0.1, 0.15) is 0 Å². The molecule has 2 rings (SSSR count). The quantitative estimate of drug-likeness (QED) is 0.489. The molecular formula is C17H27N5S. The first-order valence-corrected chi connectivity index (χ1v) is 8.84. The lowest BCUT2D eigenvalue weighted by molar-refractivity contribution is 0.461. The summed E-state index contributed by atoms with van der Waals surface area (Å²) in [4.78, 5) is 4.01. The Labute approximate surface area is 144 Å². The zero-order chi connectivity index (χ0) is 16.2. The fraction of sp³-hybridized carbons (Fsp3) is 0.588. The first-order chi connectivity index (χ1) is 11.4. The topological polar surface area (TPSA) is 60.5 Å². The third-order valence-corrected chi connectivity index (χ3v) is 4.05. The summed E-state index contributed by atoms with van der Waals surface area (Å²) in [5.41, 5.74) is 2.15. The van der Waals surface area contributed by atoms with E-state index in [0.29, 0.717) is 6.04 Å². The maximum atomic E-state index is 4.65. The van der Waals surface area contributed by atoms with Gasteiger partial charge in [-0.3, -0.25) is 0 Å². The maximum Gasteiger partial charge on any atom is 0.0739 e. The molecule has 1 aromatic carbocycles. The van der Waals surface area contributed by atoms with E-state index in [4.69, 9.17) is 0 Å². The third-order valence-electron chi connectivity index (χ3n) is 3.96. The molecule has 0 saturated carbocycles. The fourth-order valence-corrected chi connectivity index (χ4v) is 2.80. The minimum Gasteiger partial charge on any atom is -0.315 e. The largest absolute Gasteiger partial charge is 0.315 e. The van der Waals surface area contributed by atoms with Crippen molar-refractivity contribution >= 4 is 23.1 Å². The van der Waals surface area contributed by atoms with Crippen LogP contribution in [0.15, 0.2) is 29.3 Å². The van der Waals surface area contributed by atoms with Crippen molar-refractivity contribution in [1.29, 1.82) is 0 Å². The molecule has 0 spiro atoms. The average Bonchev–Trinajstić information content (AvgIpc) is 2.58. The minimum absolute atomic E-state index is 0.353. The van der Waals surface area contributed by atoms with Crippen LogP contribution >= 0.6 is 12.2 Å². The van der Waals surface area contributed by atoms with Gasteiger partial charge in [-0.1, -0.05) is 12.1 Å². The summed E-state index contributed by atoms with van der Waals surface area (Å²) in [6.07, 6.45) is 2.24. The third kappa shape index (κ3) is 7.31. The predicted molar refractivity (Wildman–Crippen MR) is 99.7 cm³/mol. The van der Waals surface area contributed by atoms with Crippen molar-refractivity contribution in [1.82, 2.24) is 21.3 Å². The van der Waals surface area contributed by atoms with E-state index < -0.39 is 0 Å². The molecule has 0 bridgehead atoms. The number of hydrogen-bond donors (Lipinski definition) is 4. The highest BCUT2D eigenvalue weighted by molar-refractivity contribution is 7.78. The van der Waals surface area contributed by atoms with Crippen LogP contribution in [-0.4, -0.2) is 51.0 Å². The van der Waals surface area contributed by atoms with Gasteiger partial charge in [-0.2, -0.15) is 4.99 Å². The minimum atomic E-state index is 0.353. The lowest BCUT2D eigenvalue weighted by Crippen LogP contribution is -2.35. The molecule has 0 radical (unpaired) electrons. The molecule has 0 amide bonds. The molecular weight excluding hydrogens is 306 g/mol. The number of nitrogens with one attached hydrogen (secondary N) is 4. The van der Waals surface area contributed by atoms with Crippen molar-refractivity contribution in [3.63, 3.8) is 0 Å². The van der Waals surface area contributed by atoms with Crippen molar-refractivity contribution in [2.45, 2.75) is 18.9 Å². The van der Waals surface area contributed by atoms with Crippen LogP contribution in [0.4, 0.5) is 5.69 Å². The summed E-state index contributed by atoms with van der Waals surface area (Å²) in [6, 6.07) is 8.60. The van der Waals surface area contributed by atoms with Gasteiger partial charge < -0.3 is 21.3 Å². The van der Waals surface area contributed by atoms with Gasteiger partial charge in [-0.25, -0.2) is 0 Å². The van der Waals surface area contributed by atoms with Gasteiger partial charge in [-0.05, 0) is 62.4 Å². The van der Waals surface area contributed by atoms with Crippen molar-refractivity contribution in [3.05, 3.63) is 29.8 Å². The van der Waals surface area contributed by atoms with Crippen LogP contribution in [0.3, 0.4) is 0 Å². The molecule has 1 aliphatic rings. The molecule has 1 aliphatic heterocycles. The molecule has 5 nitrogen and oxygen atoms in total. The standard InChI is InChI=1S/C17H27N5S/c23-14-22-16-4-2-15(3-5-16)17-6-9-20-11-10-18-7-1-8-19-12-13-21-17/h2-5,17-21H,1,6-13H2. The molecule has 1 aromatic rings. The first-order valence-electron chi connectivity index (χ1n) is 8.43. The second kappa shape index (κ2) is 11.4. The lowest BCUT2D eigenvalue weighted by Gasteiger charge is -2.20. The van der Waals surface area contributed by atoms with Gasteiger partial charge in [0.05, 0.1) is 10.8 Å².